The molecule has 1 unspecified atom stereocenters. The van der Waals surface area contributed by atoms with E-state index in [1.165, 1.54) is 5.56 Å². The molecule has 1 amide bonds. The Balaban J connectivity index is 1.65. The second-order valence-electron chi connectivity index (χ2n) is 6.75. The SMILES string of the molecule is Cc1ccc(N2CSC3=C(C#N)C(c4ccc(Cl)cc4)CC(=O)N3C2)cc1. The van der Waals surface area contributed by atoms with Gasteiger partial charge in [-0.15, -0.1) is 0 Å². The lowest BCUT2D eigenvalue weighted by Crippen LogP contribution is -2.47. The molecule has 1 saturated heterocycles. The fraction of sp³-hybridized carbons (Fsp3) is 0.238. The molecule has 2 aliphatic heterocycles. The lowest BCUT2D eigenvalue weighted by molar-refractivity contribution is -0.129. The highest BCUT2D eigenvalue weighted by molar-refractivity contribution is 8.03. The Bertz CT molecular complexity index is 947. The van der Waals surface area contributed by atoms with E-state index in [9.17, 15) is 10.1 Å². The maximum absolute atomic E-state index is 12.9. The van der Waals surface area contributed by atoms with Crippen molar-refractivity contribution in [1.29, 1.82) is 5.26 Å². The topological polar surface area (TPSA) is 47.3 Å². The number of halogens is 1. The minimum atomic E-state index is -0.204. The molecule has 0 N–H and O–H groups in total. The number of nitriles is 1. The van der Waals surface area contributed by atoms with Crippen LogP contribution in [0, 0.1) is 18.3 Å². The molecule has 0 saturated carbocycles. The molecule has 0 aliphatic carbocycles. The van der Waals surface area contributed by atoms with Gasteiger partial charge in [0, 0.05) is 23.0 Å². The normalized spacial score (nSPS) is 19.7. The minimum absolute atomic E-state index is 0.0493. The summed E-state index contributed by atoms with van der Waals surface area (Å²) in [5.41, 5.74) is 3.91. The third-order valence-corrected chi connectivity index (χ3v) is 6.37. The summed E-state index contributed by atoms with van der Waals surface area (Å²) in [5, 5.41) is 11.3. The van der Waals surface area contributed by atoms with E-state index in [4.69, 9.17) is 11.6 Å². The molecule has 2 heterocycles. The summed E-state index contributed by atoms with van der Waals surface area (Å²) < 4.78 is 0. The number of fused-ring (bicyclic) bond motifs is 1. The van der Waals surface area contributed by atoms with Gasteiger partial charge in [0.25, 0.3) is 0 Å². The molecule has 2 aromatic rings. The number of benzene rings is 2. The molecule has 2 aliphatic rings. The average Bonchev–Trinajstić information content (AvgIpc) is 2.69. The maximum Gasteiger partial charge on any atom is 0.229 e. The Labute approximate surface area is 168 Å². The van der Waals surface area contributed by atoms with E-state index in [0.29, 0.717) is 29.6 Å². The summed E-state index contributed by atoms with van der Waals surface area (Å²) in [6.07, 6.45) is 0.302. The lowest BCUT2D eigenvalue weighted by atomic mass is 9.86. The first-order valence-electron chi connectivity index (χ1n) is 8.71. The number of aryl methyl sites for hydroxylation is 1. The van der Waals surface area contributed by atoms with Gasteiger partial charge in [0.2, 0.25) is 5.91 Å². The summed E-state index contributed by atoms with van der Waals surface area (Å²) >= 11 is 7.54. The first-order chi connectivity index (χ1) is 13.1. The summed E-state index contributed by atoms with van der Waals surface area (Å²) in [6.45, 7) is 2.53. The van der Waals surface area contributed by atoms with Crippen molar-refractivity contribution in [1.82, 2.24) is 4.90 Å². The van der Waals surface area contributed by atoms with Crippen LogP contribution in [0.5, 0.6) is 0 Å². The monoisotopic (exact) mass is 395 g/mol. The summed E-state index contributed by atoms with van der Waals surface area (Å²) in [7, 11) is 0. The Morgan fingerprint density at radius 1 is 1.15 bits per heavy atom. The van der Waals surface area contributed by atoms with Crippen molar-refractivity contribution in [2.24, 2.45) is 0 Å². The van der Waals surface area contributed by atoms with Gasteiger partial charge in [0.1, 0.15) is 0 Å². The smallest absolute Gasteiger partial charge is 0.229 e. The predicted molar refractivity (Wildman–Crippen MR) is 109 cm³/mol. The third kappa shape index (κ3) is 3.43. The van der Waals surface area contributed by atoms with Crippen LogP contribution in [0.4, 0.5) is 5.69 Å². The first-order valence-corrected chi connectivity index (χ1v) is 10.1. The zero-order valence-electron chi connectivity index (χ0n) is 14.9. The molecular weight excluding hydrogens is 378 g/mol. The van der Waals surface area contributed by atoms with Gasteiger partial charge in [0.15, 0.2) is 0 Å². The van der Waals surface area contributed by atoms with Crippen LogP contribution in [0.2, 0.25) is 5.02 Å². The number of allylic oxidation sites excluding steroid dienone is 1. The number of anilines is 1. The quantitative estimate of drug-likeness (QED) is 0.727. The fourth-order valence-corrected chi connectivity index (χ4v) is 4.75. The number of hydrogen-bond acceptors (Lipinski definition) is 4. The van der Waals surface area contributed by atoms with Crippen molar-refractivity contribution < 1.29 is 4.79 Å². The van der Waals surface area contributed by atoms with Gasteiger partial charge >= 0.3 is 0 Å². The Morgan fingerprint density at radius 3 is 2.52 bits per heavy atom. The van der Waals surface area contributed by atoms with E-state index >= 15 is 0 Å². The minimum Gasteiger partial charge on any atom is -0.344 e. The molecule has 4 rings (SSSR count). The summed E-state index contributed by atoms with van der Waals surface area (Å²) in [6, 6.07) is 18.1. The first kappa shape index (κ1) is 18.0. The van der Waals surface area contributed by atoms with Crippen molar-refractivity contribution in [3.8, 4) is 6.07 Å². The van der Waals surface area contributed by atoms with Crippen LogP contribution in [0.3, 0.4) is 0 Å². The van der Waals surface area contributed by atoms with Crippen molar-refractivity contribution >= 4 is 35.0 Å². The number of amides is 1. The van der Waals surface area contributed by atoms with Crippen LogP contribution < -0.4 is 4.90 Å². The molecule has 1 atom stereocenters. The van der Waals surface area contributed by atoms with Gasteiger partial charge in [-0.2, -0.15) is 5.26 Å². The van der Waals surface area contributed by atoms with Gasteiger partial charge in [-0.05, 0) is 36.8 Å². The molecule has 0 bridgehead atoms. The molecule has 0 radical (unpaired) electrons. The van der Waals surface area contributed by atoms with Gasteiger partial charge in [-0.1, -0.05) is 53.2 Å². The molecule has 6 heteroatoms. The second kappa shape index (κ2) is 7.30. The van der Waals surface area contributed by atoms with Crippen LogP contribution in [0.15, 0.2) is 59.1 Å². The van der Waals surface area contributed by atoms with Crippen LogP contribution in [-0.2, 0) is 4.79 Å². The molecule has 27 heavy (non-hydrogen) atoms. The van der Waals surface area contributed by atoms with Crippen LogP contribution in [0.1, 0.15) is 23.5 Å². The zero-order chi connectivity index (χ0) is 19.0. The molecule has 0 spiro atoms. The molecule has 0 aromatic heterocycles. The number of rotatable bonds is 2. The number of nitrogens with zero attached hydrogens (tertiary/aromatic N) is 3. The number of carbonyl (C=O) groups is 1. The number of hydrogen-bond donors (Lipinski definition) is 0. The number of thioether (sulfide) groups is 1. The zero-order valence-corrected chi connectivity index (χ0v) is 16.4. The number of carbonyl (C=O) groups excluding carboxylic acids is 1. The van der Waals surface area contributed by atoms with E-state index in [1.807, 2.05) is 12.1 Å². The standard InChI is InChI=1S/C21H18ClN3OS/c1-14-2-8-17(9-3-14)24-12-25-20(26)10-18(15-4-6-16(22)7-5-15)19(11-23)21(25)27-13-24/h2-9,18H,10,12-13H2,1H3. The fourth-order valence-electron chi connectivity index (χ4n) is 3.46. The molecule has 136 valence electrons. The Kier molecular flexibility index (Phi) is 4.86. The van der Waals surface area contributed by atoms with Gasteiger partial charge in [-0.3, -0.25) is 9.69 Å². The van der Waals surface area contributed by atoms with Crippen molar-refractivity contribution in [2.75, 3.05) is 17.4 Å². The van der Waals surface area contributed by atoms with E-state index < -0.39 is 0 Å². The Hall–Kier alpha value is -2.42. The summed E-state index contributed by atoms with van der Waals surface area (Å²) in [4.78, 5) is 16.8. The molecule has 1 fully saturated rings. The largest absolute Gasteiger partial charge is 0.344 e. The van der Waals surface area contributed by atoms with Crippen LogP contribution >= 0.6 is 23.4 Å². The van der Waals surface area contributed by atoms with Crippen LogP contribution in [0.25, 0.3) is 0 Å². The molecular formula is C21H18ClN3OS. The van der Waals surface area contributed by atoms with Gasteiger partial charge in [0.05, 0.1) is 29.2 Å². The highest BCUT2D eigenvalue weighted by Crippen LogP contribution is 2.43. The highest BCUT2D eigenvalue weighted by Gasteiger charge is 2.38. The van der Waals surface area contributed by atoms with E-state index in [1.54, 1.807) is 28.8 Å². The van der Waals surface area contributed by atoms with E-state index in [2.05, 4.69) is 42.2 Å². The average molecular weight is 396 g/mol. The second-order valence-corrected chi connectivity index (χ2v) is 8.12. The van der Waals surface area contributed by atoms with Crippen molar-refractivity contribution in [2.45, 2.75) is 19.3 Å². The van der Waals surface area contributed by atoms with Crippen LogP contribution in [-0.4, -0.2) is 23.4 Å². The molecule has 4 nitrogen and oxygen atoms in total. The Morgan fingerprint density at radius 2 is 1.85 bits per heavy atom. The third-order valence-electron chi connectivity index (χ3n) is 4.97. The van der Waals surface area contributed by atoms with Gasteiger partial charge in [-0.25, -0.2) is 0 Å². The lowest BCUT2D eigenvalue weighted by Gasteiger charge is -2.42. The maximum atomic E-state index is 12.9. The predicted octanol–water partition coefficient (Wildman–Crippen LogP) is 4.87. The summed E-state index contributed by atoms with van der Waals surface area (Å²) in [5.74, 6) is 0.554. The van der Waals surface area contributed by atoms with E-state index in [-0.39, 0.29) is 11.8 Å². The highest BCUT2D eigenvalue weighted by atomic mass is 35.5. The van der Waals surface area contributed by atoms with Crippen molar-refractivity contribution in [3.05, 3.63) is 75.3 Å². The van der Waals surface area contributed by atoms with E-state index in [0.717, 1.165) is 16.3 Å². The van der Waals surface area contributed by atoms with Gasteiger partial charge < -0.3 is 4.90 Å². The molecule has 2 aromatic carbocycles. The van der Waals surface area contributed by atoms with Crippen molar-refractivity contribution in [3.63, 3.8) is 0 Å².